The van der Waals surface area contributed by atoms with Gasteiger partial charge in [-0.3, -0.25) is 0 Å². The first kappa shape index (κ1) is 17.4. The molecule has 7 nitrogen and oxygen atoms in total. The van der Waals surface area contributed by atoms with Gasteiger partial charge in [-0.25, -0.2) is 23.1 Å². The van der Waals surface area contributed by atoms with Gasteiger partial charge in [0, 0.05) is 25.3 Å². The summed E-state index contributed by atoms with van der Waals surface area (Å²) < 4.78 is 27.9. The third kappa shape index (κ3) is 2.93. The lowest BCUT2D eigenvalue weighted by molar-refractivity contribution is -0.0121. The fourth-order valence-corrected chi connectivity index (χ4v) is 7.23. The maximum Gasteiger partial charge on any atom is 0.214 e. The van der Waals surface area contributed by atoms with Crippen LogP contribution in [0.1, 0.15) is 51.4 Å². The molecule has 0 atom stereocenters. The number of rotatable bonds is 5. The molecule has 2 aromatic rings. The van der Waals surface area contributed by atoms with Crippen LogP contribution in [-0.4, -0.2) is 47.8 Å². The molecule has 3 aliphatic carbocycles. The lowest BCUT2D eigenvalue weighted by atomic mass is 9.52. The van der Waals surface area contributed by atoms with Crippen molar-refractivity contribution in [2.45, 2.75) is 68.7 Å². The van der Waals surface area contributed by atoms with E-state index in [9.17, 15) is 8.42 Å². The Bertz CT molecular complexity index is 936. The average molecular weight is 390 g/mol. The molecule has 0 unspecified atom stereocenters. The molecule has 2 aromatic heterocycles. The minimum Gasteiger partial charge on any atom is -0.356 e. The molecule has 2 heterocycles. The molecular formula is C19H27N5O2S. The topological polar surface area (TPSA) is 91.0 Å². The Kier molecular flexibility index (Phi) is 3.98. The van der Waals surface area contributed by atoms with Crippen molar-refractivity contribution in [2.24, 2.45) is 5.41 Å². The summed E-state index contributed by atoms with van der Waals surface area (Å²) in [6, 6.07) is 2.62. The number of aromatic amines is 1. The van der Waals surface area contributed by atoms with E-state index < -0.39 is 10.0 Å². The smallest absolute Gasteiger partial charge is 0.214 e. The number of hydrogen-bond donors (Lipinski definition) is 2. The van der Waals surface area contributed by atoms with Crippen LogP contribution in [0.15, 0.2) is 18.6 Å². The molecule has 2 N–H and O–H groups in total. The molecule has 3 fully saturated rings. The minimum absolute atomic E-state index is 0.136. The highest BCUT2D eigenvalue weighted by Gasteiger charge is 2.55. The third-order valence-electron chi connectivity index (χ3n) is 6.98. The highest BCUT2D eigenvalue weighted by Crippen LogP contribution is 2.57. The molecule has 3 aliphatic rings. The lowest BCUT2D eigenvalue weighted by Gasteiger charge is -2.59. The van der Waals surface area contributed by atoms with E-state index in [4.69, 9.17) is 0 Å². The monoisotopic (exact) mass is 389 g/mol. The van der Waals surface area contributed by atoms with Gasteiger partial charge in [-0.1, -0.05) is 12.8 Å². The van der Waals surface area contributed by atoms with E-state index >= 15 is 0 Å². The summed E-state index contributed by atoms with van der Waals surface area (Å²) in [5, 5.41) is 0.896. The number of nitrogens with zero attached hydrogens (tertiary/aromatic N) is 3. The largest absolute Gasteiger partial charge is 0.356 e. The van der Waals surface area contributed by atoms with Gasteiger partial charge in [0.1, 0.15) is 17.8 Å². The van der Waals surface area contributed by atoms with Gasteiger partial charge in [0.25, 0.3) is 0 Å². The Hall–Kier alpha value is -1.67. The summed E-state index contributed by atoms with van der Waals surface area (Å²) in [6.45, 7) is 0. The van der Waals surface area contributed by atoms with Gasteiger partial charge in [0.2, 0.25) is 10.0 Å². The van der Waals surface area contributed by atoms with E-state index in [1.165, 1.54) is 0 Å². The van der Waals surface area contributed by atoms with Gasteiger partial charge in [-0.15, -0.1) is 0 Å². The van der Waals surface area contributed by atoms with Gasteiger partial charge in [0.05, 0.1) is 10.6 Å². The Morgan fingerprint density at radius 1 is 1.19 bits per heavy atom. The molecule has 146 valence electrons. The zero-order valence-electron chi connectivity index (χ0n) is 15.7. The predicted octanol–water partition coefficient (Wildman–Crippen LogP) is 2.57. The lowest BCUT2D eigenvalue weighted by Crippen LogP contribution is -2.61. The van der Waals surface area contributed by atoms with E-state index in [0.717, 1.165) is 68.2 Å². The number of sulfonamides is 1. The van der Waals surface area contributed by atoms with Gasteiger partial charge in [-0.05, 0) is 50.0 Å². The van der Waals surface area contributed by atoms with Crippen molar-refractivity contribution in [3.8, 4) is 0 Å². The van der Waals surface area contributed by atoms with E-state index in [1.807, 2.05) is 12.3 Å². The summed E-state index contributed by atoms with van der Waals surface area (Å²) in [4.78, 5) is 14.1. The molecule has 1 spiro atoms. The van der Waals surface area contributed by atoms with Crippen molar-refractivity contribution in [3.05, 3.63) is 18.6 Å². The second-order valence-corrected chi connectivity index (χ2v) is 10.8. The number of aromatic nitrogens is 3. The molecule has 0 amide bonds. The standard InChI is InChI=1S/C19H27N5O2S/c1-24(18-16-6-7-20-17(16)21-12-22-18)14-10-19(11-14)8-13(9-19)23-27(25,26)15-4-2-3-5-15/h6-7,12-15,23H,2-5,8-11H2,1H3,(H,20,21,22). The van der Waals surface area contributed by atoms with Crippen LogP contribution in [0, 0.1) is 5.41 Å². The number of fused-ring (bicyclic) bond motifs is 1. The maximum absolute atomic E-state index is 12.5. The Labute approximate surface area is 160 Å². The summed E-state index contributed by atoms with van der Waals surface area (Å²) in [5.41, 5.74) is 1.19. The van der Waals surface area contributed by atoms with Crippen molar-refractivity contribution < 1.29 is 8.42 Å². The fourth-order valence-electron chi connectivity index (χ4n) is 5.46. The summed E-state index contributed by atoms with van der Waals surface area (Å²) in [5.74, 6) is 0.971. The third-order valence-corrected chi connectivity index (χ3v) is 8.99. The van der Waals surface area contributed by atoms with E-state index in [1.54, 1.807) is 6.33 Å². The molecule has 3 saturated carbocycles. The molecular weight excluding hydrogens is 362 g/mol. The Morgan fingerprint density at radius 2 is 1.93 bits per heavy atom. The normalized spacial score (nSPS) is 31.1. The average Bonchev–Trinajstić information content (AvgIpc) is 3.25. The highest BCUT2D eigenvalue weighted by atomic mass is 32.2. The molecule has 0 bridgehead atoms. The number of nitrogens with one attached hydrogen (secondary N) is 2. The molecule has 0 saturated heterocycles. The van der Waals surface area contributed by atoms with Crippen LogP contribution in [0.25, 0.3) is 11.0 Å². The van der Waals surface area contributed by atoms with Crippen LogP contribution in [-0.2, 0) is 10.0 Å². The fraction of sp³-hybridized carbons (Fsp3) is 0.684. The van der Waals surface area contributed by atoms with Crippen molar-refractivity contribution in [1.29, 1.82) is 0 Å². The van der Waals surface area contributed by atoms with Crippen molar-refractivity contribution >= 4 is 26.9 Å². The SMILES string of the molecule is CN(c1ncnc2[nH]ccc12)C1CC2(CC(NS(=O)(=O)C3CCCC3)C2)C1. The summed E-state index contributed by atoms with van der Waals surface area (Å²) >= 11 is 0. The van der Waals surface area contributed by atoms with Gasteiger partial charge < -0.3 is 9.88 Å². The molecule has 8 heteroatoms. The van der Waals surface area contributed by atoms with Crippen LogP contribution in [0.2, 0.25) is 0 Å². The molecule has 0 aliphatic heterocycles. The molecule has 0 aromatic carbocycles. The van der Waals surface area contributed by atoms with Gasteiger partial charge in [0.15, 0.2) is 0 Å². The predicted molar refractivity (Wildman–Crippen MR) is 105 cm³/mol. The molecule has 0 radical (unpaired) electrons. The first-order valence-electron chi connectivity index (χ1n) is 9.98. The van der Waals surface area contributed by atoms with Crippen LogP contribution < -0.4 is 9.62 Å². The highest BCUT2D eigenvalue weighted by molar-refractivity contribution is 7.90. The van der Waals surface area contributed by atoms with E-state index in [0.29, 0.717) is 11.5 Å². The van der Waals surface area contributed by atoms with Crippen LogP contribution >= 0.6 is 0 Å². The minimum atomic E-state index is -3.13. The second kappa shape index (κ2) is 6.17. The number of H-pyrrole nitrogens is 1. The number of anilines is 1. The van der Waals surface area contributed by atoms with Crippen molar-refractivity contribution in [1.82, 2.24) is 19.7 Å². The maximum atomic E-state index is 12.5. The van der Waals surface area contributed by atoms with E-state index in [-0.39, 0.29) is 11.3 Å². The van der Waals surface area contributed by atoms with E-state index in [2.05, 4.69) is 31.6 Å². The zero-order valence-corrected chi connectivity index (χ0v) is 16.5. The molecule has 27 heavy (non-hydrogen) atoms. The zero-order chi connectivity index (χ0) is 18.6. The van der Waals surface area contributed by atoms with Gasteiger partial charge in [-0.2, -0.15) is 0 Å². The number of hydrogen-bond acceptors (Lipinski definition) is 5. The van der Waals surface area contributed by atoms with Crippen LogP contribution in [0.3, 0.4) is 0 Å². The second-order valence-electron chi connectivity index (χ2n) is 8.78. The summed E-state index contributed by atoms with van der Waals surface area (Å²) in [6.07, 6.45) is 11.4. The van der Waals surface area contributed by atoms with Gasteiger partial charge >= 0.3 is 0 Å². The first-order chi connectivity index (χ1) is 13.0. The molecule has 5 rings (SSSR count). The first-order valence-corrected chi connectivity index (χ1v) is 11.5. The van der Waals surface area contributed by atoms with Crippen molar-refractivity contribution in [2.75, 3.05) is 11.9 Å². The quantitative estimate of drug-likeness (QED) is 0.820. The van der Waals surface area contributed by atoms with Crippen LogP contribution in [0.4, 0.5) is 5.82 Å². The Balaban J connectivity index is 1.18. The summed E-state index contributed by atoms with van der Waals surface area (Å²) in [7, 11) is -1.02. The Morgan fingerprint density at radius 3 is 2.67 bits per heavy atom. The van der Waals surface area contributed by atoms with Crippen LogP contribution in [0.5, 0.6) is 0 Å². The van der Waals surface area contributed by atoms with Crippen molar-refractivity contribution in [3.63, 3.8) is 0 Å².